The van der Waals surface area contributed by atoms with Gasteiger partial charge in [-0.15, -0.1) is 10.2 Å². The van der Waals surface area contributed by atoms with Crippen LogP contribution in [0.5, 0.6) is 0 Å². The molecule has 2 aromatic rings. The van der Waals surface area contributed by atoms with Crippen molar-refractivity contribution >= 4 is 16.5 Å². The van der Waals surface area contributed by atoms with E-state index in [0.717, 1.165) is 18.2 Å². The average molecular weight is 303 g/mol. The second-order valence-corrected chi connectivity index (χ2v) is 7.33. The number of hydrogen-bond acceptors (Lipinski definition) is 5. The van der Waals surface area contributed by atoms with E-state index in [9.17, 15) is 0 Å². The van der Waals surface area contributed by atoms with Crippen LogP contribution in [0.1, 0.15) is 32.4 Å². The first-order valence-electron chi connectivity index (χ1n) is 7.25. The predicted molar refractivity (Wildman–Crippen MR) is 85.6 cm³/mol. The third-order valence-corrected chi connectivity index (χ3v) is 4.61. The summed E-state index contributed by atoms with van der Waals surface area (Å²) in [6, 6.07) is 10.4. The van der Waals surface area contributed by atoms with Crippen molar-refractivity contribution in [3.63, 3.8) is 0 Å². The number of morpholine rings is 1. The van der Waals surface area contributed by atoms with Gasteiger partial charge in [-0.05, 0) is 11.0 Å². The van der Waals surface area contributed by atoms with Crippen molar-refractivity contribution in [2.24, 2.45) is 5.41 Å². The molecule has 1 aromatic carbocycles. The molecule has 3 rings (SSSR count). The zero-order valence-corrected chi connectivity index (χ0v) is 13.5. The van der Waals surface area contributed by atoms with Crippen LogP contribution in [0.25, 0.3) is 0 Å². The molecule has 0 spiro atoms. The summed E-state index contributed by atoms with van der Waals surface area (Å²) in [5.41, 5.74) is 3.10. The molecule has 2 heterocycles. The second kappa shape index (κ2) is 5.73. The zero-order chi connectivity index (χ0) is 14.9. The quantitative estimate of drug-likeness (QED) is 0.850. The largest absolute Gasteiger partial charge is 0.366 e. The van der Waals surface area contributed by atoms with Crippen molar-refractivity contribution < 1.29 is 4.74 Å². The van der Waals surface area contributed by atoms with Crippen LogP contribution in [0, 0.1) is 5.41 Å². The minimum atomic E-state index is 0.0769. The van der Waals surface area contributed by atoms with E-state index in [-0.39, 0.29) is 17.6 Å². The SMILES string of the molecule is CC(C)(C)[C@H]1CN(c2nncs2)C[C@@H](c2ccccc2)O1. The summed E-state index contributed by atoms with van der Waals surface area (Å²) < 4.78 is 6.38. The summed E-state index contributed by atoms with van der Waals surface area (Å²) in [4.78, 5) is 2.30. The van der Waals surface area contributed by atoms with Crippen molar-refractivity contribution in [1.29, 1.82) is 0 Å². The standard InChI is InChI=1S/C16H21N3OS/c1-16(2,3)14-10-19(15-18-17-11-21-15)9-13(20-14)12-7-5-4-6-8-12/h4-8,11,13-14H,9-10H2,1-3H3/t13-,14+/m0/s1. The Kier molecular flexibility index (Phi) is 3.95. The first-order chi connectivity index (χ1) is 10.0. The lowest BCUT2D eigenvalue weighted by atomic mass is 9.87. The van der Waals surface area contributed by atoms with Gasteiger partial charge in [0.05, 0.1) is 12.6 Å². The molecule has 112 valence electrons. The molecule has 4 nitrogen and oxygen atoms in total. The minimum absolute atomic E-state index is 0.0769. The number of anilines is 1. The van der Waals surface area contributed by atoms with Crippen molar-refractivity contribution in [2.45, 2.75) is 33.0 Å². The molecule has 0 unspecified atom stereocenters. The predicted octanol–water partition coefficient (Wildman–Crippen LogP) is 3.53. The van der Waals surface area contributed by atoms with Crippen LogP contribution < -0.4 is 4.90 Å². The minimum Gasteiger partial charge on any atom is -0.366 e. The van der Waals surface area contributed by atoms with Crippen LogP contribution in [0.3, 0.4) is 0 Å². The molecule has 0 aliphatic carbocycles. The lowest BCUT2D eigenvalue weighted by Crippen LogP contribution is -2.49. The van der Waals surface area contributed by atoms with E-state index >= 15 is 0 Å². The number of nitrogens with zero attached hydrogens (tertiary/aromatic N) is 3. The van der Waals surface area contributed by atoms with Crippen molar-refractivity contribution in [2.75, 3.05) is 18.0 Å². The smallest absolute Gasteiger partial charge is 0.208 e. The van der Waals surface area contributed by atoms with Gasteiger partial charge in [0.1, 0.15) is 11.6 Å². The average Bonchev–Trinajstić information content (AvgIpc) is 3.01. The molecule has 1 fully saturated rings. The first-order valence-corrected chi connectivity index (χ1v) is 8.13. The Hall–Kier alpha value is -1.46. The Morgan fingerprint density at radius 2 is 1.95 bits per heavy atom. The molecule has 1 aliphatic rings. The third-order valence-electron chi connectivity index (χ3n) is 3.86. The van der Waals surface area contributed by atoms with Gasteiger partial charge in [0.2, 0.25) is 5.13 Å². The Labute approximate surface area is 129 Å². The van der Waals surface area contributed by atoms with Gasteiger partial charge in [-0.2, -0.15) is 0 Å². The fourth-order valence-corrected chi connectivity index (χ4v) is 3.13. The van der Waals surface area contributed by atoms with E-state index in [4.69, 9.17) is 4.74 Å². The maximum Gasteiger partial charge on any atom is 0.208 e. The highest BCUT2D eigenvalue weighted by Crippen LogP contribution is 2.35. The zero-order valence-electron chi connectivity index (χ0n) is 12.7. The molecular weight excluding hydrogens is 282 g/mol. The summed E-state index contributed by atoms with van der Waals surface area (Å²) in [5.74, 6) is 0. The number of ether oxygens (including phenoxy) is 1. The fourth-order valence-electron chi connectivity index (χ4n) is 2.55. The molecule has 1 saturated heterocycles. The molecule has 0 N–H and O–H groups in total. The number of rotatable bonds is 2. The van der Waals surface area contributed by atoms with E-state index in [1.54, 1.807) is 16.8 Å². The Bertz CT molecular complexity index is 565. The molecule has 21 heavy (non-hydrogen) atoms. The summed E-state index contributed by atoms with van der Waals surface area (Å²) in [7, 11) is 0. The van der Waals surface area contributed by atoms with Crippen molar-refractivity contribution in [3.05, 3.63) is 41.4 Å². The van der Waals surface area contributed by atoms with Gasteiger partial charge in [0.25, 0.3) is 0 Å². The summed E-state index contributed by atoms with van der Waals surface area (Å²) in [5, 5.41) is 9.17. The summed E-state index contributed by atoms with van der Waals surface area (Å²) in [6.07, 6.45) is 0.244. The molecule has 0 saturated carbocycles. The van der Waals surface area contributed by atoms with Gasteiger partial charge in [0.15, 0.2) is 0 Å². The van der Waals surface area contributed by atoms with Crippen LogP contribution in [-0.2, 0) is 4.74 Å². The van der Waals surface area contributed by atoms with E-state index in [2.05, 4.69) is 60.1 Å². The van der Waals surface area contributed by atoms with E-state index < -0.39 is 0 Å². The van der Waals surface area contributed by atoms with Crippen LogP contribution in [-0.4, -0.2) is 29.4 Å². The molecule has 0 bridgehead atoms. The lowest BCUT2D eigenvalue weighted by Gasteiger charge is -2.43. The van der Waals surface area contributed by atoms with E-state index in [0.29, 0.717) is 0 Å². The number of hydrogen-bond donors (Lipinski definition) is 0. The molecule has 5 heteroatoms. The normalized spacial score (nSPS) is 23.3. The highest BCUT2D eigenvalue weighted by Gasteiger charge is 2.36. The van der Waals surface area contributed by atoms with E-state index in [1.807, 2.05) is 6.07 Å². The number of aromatic nitrogens is 2. The van der Waals surface area contributed by atoms with Crippen LogP contribution >= 0.6 is 11.3 Å². The van der Waals surface area contributed by atoms with Crippen LogP contribution in [0.15, 0.2) is 35.8 Å². The van der Waals surface area contributed by atoms with E-state index in [1.165, 1.54) is 5.56 Å². The highest BCUT2D eigenvalue weighted by atomic mass is 32.1. The van der Waals surface area contributed by atoms with Gasteiger partial charge < -0.3 is 9.64 Å². The maximum absolute atomic E-state index is 6.38. The Balaban J connectivity index is 1.87. The second-order valence-electron chi connectivity index (χ2n) is 6.52. The van der Waals surface area contributed by atoms with Crippen molar-refractivity contribution in [1.82, 2.24) is 10.2 Å². The molecule has 0 radical (unpaired) electrons. The van der Waals surface area contributed by atoms with Crippen LogP contribution in [0.2, 0.25) is 0 Å². The summed E-state index contributed by atoms with van der Waals surface area (Å²) in [6.45, 7) is 8.36. The topological polar surface area (TPSA) is 38.2 Å². The van der Waals surface area contributed by atoms with Gasteiger partial charge in [-0.3, -0.25) is 0 Å². The molecule has 1 aliphatic heterocycles. The number of benzene rings is 1. The lowest BCUT2D eigenvalue weighted by molar-refractivity contribution is -0.0791. The van der Waals surface area contributed by atoms with Crippen molar-refractivity contribution in [3.8, 4) is 0 Å². The fraction of sp³-hybridized carbons (Fsp3) is 0.500. The molecular formula is C16H21N3OS. The first kappa shape index (κ1) is 14.5. The highest BCUT2D eigenvalue weighted by molar-refractivity contribution is 7.13. The molecule has 1 aromatic heterocycles. The Morgan fingerprint density at radius 3 is 2.57 bits per heavy atom. The Morgan fingerprint density at radius 1 is 1.19 bits per heavy atom. The van der Waals surface area contributed by atoms with Crippen LogP contribution in [0.4, 0.5) is 5.13 Å². The van der Waals surface area contributed by atoms with Gasteiger partial charge in [-0.1, -0.05) is 62.4 Å². The molecule has 0 amide bonds. The third kappa shape index (κ3) is 3.24. The van der Waals surface area contributed by atoms with Gasteiger partial charge in [0, 0.05) is 6.54 Å². The van der Waals surface area contributed by atoms with Gasteiger partial charge >= 0.3 is 0 Å². The maximum atomic E-state index is 6.38. The monoisotopic (exact) mass is 303 g/mol. The van der Waals surface area contributed by atoms with Gasteiger partial charge in [-0.25, -0.2) is 0 Å². The summed E-state index contributed by atoms with van der Waals surface area (Å²) >= 11 is 1.59. The molecule has 2 atom stereocenters.